The Balaban J connectivity index is 1.52. The van der Waals surface area contributed by atoms with Crippen molar-refractivity contribution < 1.29 is 22.3 Å². The predicted molar refractivity (Wildman–Crippen MR) is 135 cm³/mol. The number of halogens is 4. The van der Waals surface area contributed by atoms with Gasteiger partial charge in [0.15, 0.2) is 11.6 Å². The molecule has 1 fully saturated rings. The lowest BCUT2D eigenvalue weighted by Gasteiger charge is -2.53. The third-order valence-electron chi connectivity index (χ3n) is 6.94. The number of hydrogen-bond acceptors (Lipinski definition) is 8. The zero-order valence-corrected chi connectivity index (χ0v) is 22.0. The molecule has 0 amide bonds. The van der Waals surface area contributed by atoms with E-state index in [0.29, 0.717) is 6.54 Å². The summed E-state index contributed by atoms with van der Waals surface area (Å²) in [5.41, 5.74) is -1.12. The molecule has 9 nitrogen and oxygen atoms in total. The van der Waals surface area contributed by atoms with Crippen molar-refractivity contribution in [3.05, 3.63) is 48.4 Å². The van der Waals surface area contributed by atoms with Crippen molar-refractivity contribution >= 4 is 17.5 Å². The first-order chi connectivity index (χ1) is 17.7. The molecule has 2 aromatic heterocycles. The summed E-state index contributed by atoms with van der Waals surface area (Å²) in [6.07, 6.45) is 0.724. The van der Waals surface area contributed by atoms with Crippen molar-refractivity contribution in [1.82, 2.24) is 29.6 Å². The van der Waals surface area contributed by atoms with E-state index >= 15 is 0 Å². The molecule has 38 heavy (non-hydrogen) atoms. The van der Waals surface area contributed by atoms with Crippen molar-refractivity contribution in [3.8, 4) is 5.75 Å². The summed E-state index contributed by atoms with van der Waals surface area (Å²) in [6, 6.07) is 3.17. The van der Waals surface area contributed by atoms with Gasteiger partial charge in [-0.05, 0) is 59.7 Å². The molecule has 0 spiro atoms. The summed E-state index contributed by atoms with van der Waals surface area (Å²) >= 11 is 0. The molecule has 1 aliphatic rings. The Morgan fingerprint density at radius 1 is 1.11 bits per heavy atom. The van der Waals surface area contributed by atoms with Crippen LogP contribution in [0.15, 0.2) is 37.1 Å². The highest BCUT2D eigenvalue weighted by molar-refractivity contribution is 5.59. The molecule has 3 heterocycles. The standard InChI is InChI=1S/C25H32F4N8O/c1-23(2)11-18(12-24(3,4)36(23)5)33-21-20(26)13-31-22(35-21)34-17-8-16(25(27,28)29)9-19(10-17)38-7-6-37-15-30-14-32-37/h8-10,13-15,18H,6-7,11-12H2,1-5H3,(H2,31,33,34,35). The van der Waals surface area contributed by atoms with E-state index in [1.165, 1.54) is 23.4 Å². The van der Waals surface area contributed by atoms with E-state index < -0.39 is 17.6 Å². The van der Waals surface area contributed by atoms with Crippen LogP contribution in [0.5, 0.6) is 5.75 Å². The van der Waals surface area contributed by atoms with Gasteiger partial charge in [-0.3, -0.25) is 4.90 Å². The van der Waals surface area contributed by atoms with Crippen LogP contribution in [0.25, 0.3) is 0 Å². The average Bonchev–Trinajstić information content (AvgIpc) is 3.32. The molecule has 13 heteroatoms. The summed E-state index contributed by atoms with van der Waals surface area (Å²) in [7, 11) is 2.07. The van der Waals surface area contributed by atoms with Crippen molar-refractivity contribution in [3.63, 3.8) is 0 Å². The smallest absolute Gasteiger partial charge is 0.416 e. The zero-order valence-electron chi connectivity index (χ0n) is 22.0. The number of ether oxygens (including phenoxy) is 1. The van der Waals surface area contributed by atoms with Gasteiger partial charge in [-0.15, -0.1) is 0 Å². The minimum atomic E-state index is -4.61. The number of hydrogen-bond donors (Lipinski definition) is 2. The topological polar surface area (TPSA) is 93.0 Å². The lowest BCUT2D eigenvalue weighted by Crippen LogP contribution is -2.61. The SMILES string of the molecule is CN1C(C)(C)CC(Nc2nc(Nc3cc(OCCn4cncn4)cc(C(F)(F)F)c3)ncc2F)CC1(C)C. The monoisotopic (exact) mass is 536 g/mol. The van der Waals surface area contributed by atoms with Crippen LogP contribution < -0.4 is 15.4 Å². The molecule has 2 N–H and O–H groups in total. The van der Waals surface area contributed by atoms with Crippen LogP contribution >= 0.6 is 0 Å². The van der Waals surface area contributed by atoms with Gasteiger partial charge in [0.25, 0.3) is 0 Å². The van der Waals surface area contributed by atoms with E-state index in [1.807, 2.05) is 0 Å². The maximum absolute atomic E-state index is 14.7. The van der Waals surface area contributed by atoms with Gasteiger partial charge >= 0.3 is 6.18 Å². The summed E-state index contributed by atoms with van der Waals surface area (Å²) < 4.78 is 62.4. The lowest BCUT2D eigenvalue weighted by molar-refractivity contribution is -0.137. The first-order valence-corrected chi connectivity index (χ1v) is 12.2. The fourth-order valence-corrected chi connectivity index (χ4v) is 4.85. The molecule has 0 bridgehead atoms. The Kier molecular flexibility index (Phi) is 7.51. The Hall–Kier alpha value is -3.48. The number of anilines is 3. The highest BCUT2D eigenvalue weighted by Gasteiger charge is 2.43. The predicted octanol–water partition coefficient (Wildman–Crippen LogP) is 5.11. The van der Waals surface area contributed by atoms with Crippen molar-refractivity contribution in [2.24, 2.45) is 0 Å². The first-order valence-electron chi connectivity index (χ1n) is 12.2. The van der Waals surface area contributed by atoms with Crippen LogP contribution in [0, 0.1) is 5.82 Å². The lowest BCUT2D eigenvalue weighted by atomic mass is 9.77. The minimum absolute atomic E-state index is 0.00121. The molecule has 3 aromatic rings. The Morgan fingerprint density at radius 3 is 2.45 bits per heavy atom. The minimum Gasteiger partial charge on any atom is -0.492 e. The molecule has 1 aliphatic heterocycles. The Labute approximate surface area is 218 Å². The van der Waals surface area contributed by atoms with Crippen LogP contribution in [-0.2, 0) is 12.7 Å². The Bertz CT molecular complexity index is 1230. The Morgan fingerprint density at radius 2 is 1.82 bits per heavy atom. The second-order valence-electron chi connectivity index (χ2n) is 10.7. The first kappa shape index (κ1) is 27.6. The van der Waals surface area contributed by atoms with Gasteiger partial charge in [0.2, 0.25) is 5.95 Å². The molecule has 0 atom stereocenters. The van der Waals surface area contributed by atoms with E-state index in [9.17, 15) is 17.6 Å². The molecular formula is C25H32F4N8O. The van der Waals surface area contributed by atoms with E-state index in [4.69, 9.17) is 4.74 Å². The maximum Gasteiger partial charge on any atom is 0.416 e. The van der Waals surface area contributed by atoms with Crippen LogP contribution in [0.1, 0.15) is 46.1 Å². The van der Waals surface area contributed by atoms with Crippen molar-refractivity contribution in [2.45, 2.75) is 70.4 Å². The molecule has 206 valence electrons. The highest BCUT2D eigenvalue weighted by atomic mass is 19.4. The molecule has 1 aromatic carbocycles. The van der Waals surface area contributed by atoms with Gasteiger partial charge < -0.3 is 15.4 Å². The summed E-state index contributed by atoms with van der Waals surface area (Å²) in [6.45, 7) is 8.90. The largest absolute Gasteiger partial charge is 0.492 e. The number of likely N-dealkylation sites (tertiary alicyclic amines) is 1. The number of aromatic nitrogens is 5. The summed E-state index contributed by atoms with van der Waals surface area (Å²) in [5, 5.41) is 9.88. The molecule has 0 unspecified atom stereocenters. The van der Waals surface area contributed by atoms with Gasteiger partial charge in [-0.2, -0.15) is 23.3 Å². The van der Waals surface area contributed by atoms with Crippen LogP contribution in [-0.4, -0.2) is 60.4 Å². The molecule has 0 saturated carbocycles. The number of nitrogens with zero attached hydrogens (tertiary/aromatic N) is 6. The van der Waals surface area contributed by atoms with Gasteiger partial charge in [0.1, 0.15) is 25.0 Å². The molecular weight excluding hydrogens is 504 g/mol. The van der Waals surface area contributed by atoms with E-state index in [-0.39, 0.29) is 46.9 Å². The van der Waals surface area contributed by atoms with Gasteiger partial charge in [0, 0.05) is 28.9 Å². The van der Waals surface area contributed by atoms with Crippen molar-refractivity contribution in [2.75, 3.05) is 24.3 Å². The molecule has 0 aliphatic carbocycles. The van der Waals surface area contributed by atoms with Crippen LogP contribution in [0.4, 0.5) is 35.0 Å². The molecule has 0 radical (unpaired) electrons. The van der Waals surface area contributed by atoms with Crippen LogP contribution in [0.3, 0.4) is 0 Å². The fourth-order valence-electron chi connectivity index (χ4n) is 4.85. The van der Waals surface area contributed by atoms with Crippen molar-refractivity contribution in [1.29, 1.82) is 0 Å². The van der Waals surface area contributed by atoms with E-state index in [0.717, 1.165) is 31.2 Å². The number of alkyl halides is 3. The molecule has 4 rings (SSSR count). The number of rotatable bonds is 8. The third kappa shape index (κ3) is 6.50. The number of piperidine rings is 1. The quantitative estimate of drug-likeness (QED) is 0.384. The van der Waals surface area contributed by atoms with Crippen LogP contribution in [0.2, 0.25) is 0 Å². The summed E-state index contributed by atoms with van der Waals surface area (Å²) in [5.74, 6) is -0.710. The maximum atomic E-state index is 14.7. The number of nitrogens with one attached hydrogen (secondary N) is 2. The summed E-state index contributed by atoms with van der Waals surface area (Å²) in [4.78, 5) is 14.3. The average molecular weight is 537 g/mol. The van der Waals surface area contributed by atoms with E-state index in [1.54, 1.807) is 0 Å². The van der Waals surface area contributed by atoms with E-state index in [2.05, 4.69) is 70.3 Å². The van der Waals surface area contributed by atoms with Gasteiger partial charge in [-0.25, -0.2) is 19.0 Å². The third-order valence-corrected chi connectivity index (χ3v) is 6.94. The van der Waals surface area contributed by atoms with Gasteiger partial charge in [-0.1, -0.05) is 0 Å². The molecule has 1 saturated heterocycles. The fraction of sp³-hybridized carbons (Fsp3) is 0.520. The second-order valence-corrected chi connectivity index (χ2v) is 10.7. The second kappa shape index (κ2) is 10.4. The number of benzene rings is 1. The zero-order chi connectivity index (χ0) is 27.7. The van der Waals surface area contributed by atoms with Gasteiger partial charge in [0.05, 0.1) is 18.3 Å². The highest BCUT2D eigenvalue weighted by Crippen LogP contribution is 2.38. The normalized spacial score (nSPS) is 17.8.